The van der Waals surface area contributed by atoms with Crippen molar-refractivity contribution in [2.75, 3.05) is 0 Å². The summed E-state index contributed by atoms with van der Waals surface area (Å²) in [6.45, 7) is 0. The average molecular weight is 310 g/mol. The molecule has 2 rings (SSSR count). The van der Waals surface area contributed by atoms with E-state index >= 15 is 0 Å². The fraction of sp³-hybridized carbons (Fsp3) is 0.214. The molecule has 0 fully saturated rings. The first-order valence-corrected chi connectivity index (χ1v) is 6.45. The van der Waals surface area contributed by atoms with Gasteiger partial charge in [-0.3, -0.25) is 4.98 Å². The Kier molecular flexibility index (Phi) is 4.44. The second-order valence-corrected chi connectivity index (χ2v) is 5.12. The highest BCUT2D eigenvalue weighted by Crippen LogP contribution is 2.13. The molecule has 2 nitrogen and oxygen atoms in total. The Bertz CT molecular complexity index is 515. The molecule has 0 saturated heterocycles. The zero-order valence-electron chi connectivity index (χ0n) is 9.68. The molecule has 1 aromatic carbocycles. The summed E-state index contributed by atoms with van der Waals surface area (Å²) in [5.74, 6) is -0.260. The van der Waals surface area contributed by atoms with E-state index in [2.05, 4.69) is 20.9 Å². The molecule has 1 N–H and O–H groups in total. The highest BCUT2D eigenvalue weighted by Gasteiger charge is 2.07. The van der Waals surface area contributed by atoms with Gasteiger partial charge in [0.05, 0.1) is 6.10 Å². The van der Waals surface area contributed by atoms with Crippen LogP contribution in [0.3, 0.4) is 0 Å². The van der Waals surface area contributed by atoms with Crippen LogP contribution in [0.25, 0.3) is 0 Å². The monoisotopic (exact) mass is 309 g/mol. The molecule has 0 spiro atoms. The van der Waals surface area contributed by atoms with E-state index in [0.717, 1.165) is 15.6 Å². The number of nitrogens with zero attached hydrogens (tertiary/aromatic N) is 1. The molecule has 94 valence electrons. The minimum absolute atomic E-state index is 0.260. The summed E-state index contributed by atoms with van der Waals surface area (Å²) in [5.41, 5.74) is 1.89. The van der Waals surface area contributed by atoms with Crippen LogP contribution in [0.5, 0.6) is 0 Å². The van der Waals surface area contributed by atoms with Crippen LogP contribution in [0, 0.1) is 5.82 Å². The van der Waals surface area contributed by atoms with Gasteiger partial charge < -0.3 is 5.11 Å². The van der Waals surface area contributed by atoms with Crippen molar-refractivity contribution in [1.29, 1.82) is 0 Å². The van der Waals surface area contributed by atoms with Gasteiger partial charge in [-0.1, -0.05) is 12.1 Å². The number of benzene rings is 1. The van der Waals surface area contributed by atoms with Crippen LogP contribution >= 0.6 is 15.9 Å². The quantitative estimate of drug-likeness (QED) is 0.941. The van der Waals surface area contributed by atoms with Gasteiger partial charge in [0.2, 0.25) is 0 Å². The van der Waals surface area contributed by atoms with Crippen molar-refractivity contribution in [1.82, 2.24) is 4.98 Å². The molecule has 1 aromatic heterocycles. The summed E-state index contributed by atoms with van der Waals surface area (Å²) in [7, 11) is 0. The van der Waals surface area contributed by atoms with Crippen LogP contribution in [-0.2, 0) is 12.8 Å². The molecule has 18 heavy (non-hydrogen) atoms. The first-order chi connectivity index (χ1) is 8.63. The van der Waals surface area contributed by atoms with Gasteiger partial charge in [0, 0.05) is 23.3 Å². The summed E-state index contributed by atoms with van der Waals surface area (Å²) in [6, 6.07) is 8.13. The van der Waals surface area contributed by atoms with Crippen molar-refractivity contribution in [2.45, 2.75) is 18.9 Å². The minimum Gasteiger partial charge on any atom is -0.392 e. The maximum atomic E-state index is 12.7. The van der Waals surface area contributed by atoms with E-state index in [0.29, 0.717) is 12.8 Å². The van der Waals surface area contributed by atoms with Gasteiger partial charge in [0.25, 0.3) is 0 Å². The number of aliphatic hydroxyl groups is 1. The first kappa shape index (κ1) is 13.2. The molecule has 0 aliphatic heterocycles. The number of hydrogen-bond acceptors (Lipinski definition) is 2. The van der Waals surface area contributed by atoms with E-state index in [1.807, 2.05) is 6.07 Å². The Morgan fingerprint density at radius 1 is 1.11 bits per heavy atom. The van der Waals surface area contributed by atoms with Crippen molar-refractivity contribution >= 4 is 15.9 Å². The number of hydrogen-bond donors (Lipinski definition) is 1. The largest absolute Gasteiger partial charge is 0.392 e. The Labute approximate surface area is 114 Å². The normalized spacial score (nSPS) is 12.4. The lowest BCUT2D eigenvalue weighted by atomic mass is 10.0. The van der Waals surface area contributed by atoms with Crippen LogP contribution in [0.2, 0.25) is 0 Å². The van der Waals surface area contributed by atoms with Gasteiger partial charge in [-0.15, -0.1) is 0 Å². The number of aromatic nitrogens is 1. The summed E-state index contributed by atoms with van der Waals surface area (Å²) in [6.07, 6.45) is 3.98. The van der Waals surface area contributed by atoms with Crippen molar-refractivity contribution in [2.24, 2.45) is 0 Å². The van der Waals surface area contributed by atoms with E-state index < -0.39 is 6.10 Å². The second-order valence-electron chi connectivity index (χ2n) is 4.20. The smallest absolute Gasteiger partial charge is 0.123 e. The van der Waals surface area contributed by atoms with Crippen LogP contribution in [-0.4, -0.2) is 16.2 Å². The summed E-state index contributed by atoms with van der Waals surface area (Å²) in [5, 5.41) is 9.98. The summed E-state index contributed by atoms with van der Waals surface area (Å²) in [4.78, 5) is 4.05. The predicted molar refractivity (Wildman–Crippen MR) is 71.8 cm³/mol. The Balaban J connectivity index is 1.96. The van der Waals surface area contributed by atoms with E-state index in [9.17, 15) is 9.50 Å². The summed E-state index contributed by atoms with van der Waals surface area (Å²) >= 11 is 3.34. The fourth-order valence-corrected chi connectivity index (χ4v) is 2.22. The molecule has 0 bridgehead atoms. The highest BCUT2D eigenvalue weighted by atomic mass is 79.9. The van der Waals surface area contributed by atoms with Gasteiger partial charge in [-0.05, 0) is 51.7 Å². The van der Waals surface area contributed by atoms with Crippen LogP contribution < -0.4 is 0 Å². The zero-order chi connectivity index (χ0) is 13.0. The number of aliphatic hydroxyl groups excluding tert-OH is 1. The lowest BCUT2D eigenvalue weighted by Crippen LogP contribution is -2.14. The SMILES string of the molecule is OC(Cc1ccc(F)cc1)Cc1cncc(Br)c1. The van der Waals surface area contributed by atoms with Gasteiger partial charge in [-0.25, -0.2) is 4.39 Å². The highest BCUT2D eigenvalue weighted by molar-refractivity contribution is 9.10. The molecule has 4 heteroatoms. The van der Waals surface area contributed by atoms with Gasteiger partial charge in [0.1, 0.15) is 5.82 Å². The van der Waals surface area contributed by atoms with Crippen LogP contribution in [0.4, 0.5) is 4.39 Å². The molecule has 1 heterocycles. The summed E-state index contributed by atoms with van der Waals surface area (Å²) < 4.78 is 13.6. The van der Waals surface area contributed by atoms with Crippen molar-refractivity contribution in [3.8, 4) is 0 Å². The van der Waals surface area contributed by atoms with Crippen molar-refractivity contribution < 1.29 is 9.50 Å². The number of pyridine rings is 1. The lowest BCUT2D eigenvalue weighted by molar-refractivity contribution is 0.175. The standard InChI is InChI=1S/C14H13BrFNO/c15-12-5-11(8-17-9-12)7-14(18)6-10-1-3-13(16)4-2-10/h1-5,8-9,14,18H,6-7H2. The third-order valence-electron chi connectivity index (χ3n) is 2.62. The molecule has 0 radical (unpaired) electrons. The van der Waals surface area contributed by atoms with Crippen molar-refractivity contribution in [3.63, 3.8) is 0 Å². The van der Waals surface area contributed by atoms with Crippen molar-refractivity contribution in [3.05, 3.63) is 64.1 Å². The maximum Gasteiger partial charge on any atom is 0.123 e. The van der Waals surface area contributed by atoms with Gasteiger partial charge in [-0.2, -0.15) is 0 Å². The number of rotatable bonds is 4. The maximum absolute atomic E-state index is 12.7. The molecule has 0 amide bonds. The molecule has 0 saturated carbocycles. The van der Waals surface area contributed by atoms with E-state index in [1.165, 1.54) is 12.1 Å². The predicted octanol–water partition coefficient (Wildman–Crippen LogP) is 3.13. The molecule has 2 aromatic rings. The Hall–Kier alpha value is -1.26. The molecular formula is C14H13BrFNO. The van der Waals surface area contributed by atoms with Gasteiger partial charge in [0.15, 0.2) is 0 Å². The first-order valence-electron chi connectivity index (χ1n) is 5.65. The van der Waals surface area contributed by atoms with Crippen LogP contribution in [0.1, 0.15) is 11.1 Å². The Morgan fingerprint density at radius 2 is 1.78 bits per heavy atom. The molecule has 0 aliphatic carbocycles. The van der Waals surface area contributed by atoms with E-state index in [1.54, 1.807) is 24.5 Å². The minimum atomic E-state index is -0.494. The zero-order valence-corrected chi connectivity index (χ0v) is 11.3. The van der Waals surface area contributed by atoms with Gasteiger partial charge >= 0.3 is 0 Å². The van der Waals surface area contributed by atoms with E-state index in [-0.39, 0.29) is 5.82 Å². The third-order valence-corrected chi connectivity index (χ3v) is 3.05. The fourth-order valence-electron chi connectivity index (χ4n) is 1.80. The lowest BCUT2D eigenvalue weighted by Gasteiger charge is -2.10. The Morgan fingerprint density at radius 3 is 2.44 bits per heavy atom. The number of halogens is 2. The molecule has 1 unspecified atom stereocenters. The second kappa shape index (κ2) is 6.07. The molecule has 0 aliphatic rings. The van der Waals surface area contributed by atoms with E-state index in [4.69, 9.17) is 0 Å². The molecule has 1 atom stereocenters. The average Bonchev–Trinajstić information content (AvgIpc) is 2.32. The topological polar surface area (TPSA) is 33.1 Å². The third kappa shape index (κ3) is 3.89. The van der Waals surface area contributed by atoms with Crippen LogP contribution in [0.15, 0.2) is 47.2 Å². The molecular weight excluding hydrogens is 297 g/mol.